The molecule has 1 aliphatic rings. The quantitative estimate of drug-likeness (QED) is 0.882. The minimum Gasteiger partial charge on any atom is -0.391 e. The number of hydrogen-bond acceptors (Lipinski definition) is 4. The molecule has 3 rings (SSSR count). The average Bonchev–Trinajstić information content (AvgIpc) is 2.89. The van der Waals surface area contributed by atoms with E-state index in [0.717, 1.165) is 6.54 Å². The summed E-state index contributed by atoms with van der Waals surface area (Å²) < 4.78 is 25.4. The van der Waals surface area contributed by atoms with Crippen LogP contribution in [-0.4, -0.2) is 61.8 Å². The Bertz CT molecular complexity index is 864. The average molecular weight is 362 g/mol. The zero-order chi connectivity index (χ0) is 18.2. The molecule has 6 heteroatoms. The van der Waals surface area contributed by atoms with Gasteiger partial charge in [0.1, 0.15) is 0 Å². The van der Waals surface area contributed by atoms with Crippen molar-refractivity contribution in [2.24, 2.45) is 5.92 Å². The zero-order valence-corrected chi connectivity index (χ0v) is 15.8. The van der Waals surface area contributed by atoms with Gasteiger partial charge in [-0.25, -0.2) is 12.7 Å². The standard InChI is InChI=1S/C19H26N2O3S/c1-14-8-9-15(18-7-5-4-6-17(14)18)10-21-11-16(19(22)12-21)13-25(23,24)20(2)3/h4-9,16,19,22H,10-13H2,1-3H3. The van der Waals surface area contributed by atoms with Crippen LogP contribution in [0.25, 0.3) is 10.8 Å². The van der Waals surface area contributed by atoms with E-state index in [2.05, 4.69) is 36.1 Å². The normalized spacial score (nSPS) is 22.1. The molecule has 1 aliphatic heterocycles. The van der Waals surface area contributed by atoms with Crippen LogP contribution < -0.4 is 0 Å². The molecule has 1 N–H and O–H groups in total. The second kappa shape index (κ2) is 7.03. The van der Waals surface area contributed by atoms with Gasteiger partial charge in [0.25, 0.3) is 0 Å². The predicted octanol–water partition coefficient (Wildman–Crippen LogP) is 1.83. The van der Waals surface area contributed by atoms with E-state index in [1.54, 1.807) is 0 Å². The maximum absolute atomic E-state index is 12.1. The molecule has 5 nitrogen and oxygen atoms in total. The van der Waals surface area contributed by atoms with Gasteiger partial charge in [0.2, 0.25) is 10.0 Å². The van der Waals surface area contributed by atoms with Crippen LogP contribution in [0.3, 0.4) is 0 Å². The first-order valence-electron chi connectivity index (χ1n) is 8.56. The van der Waals surface area contributed by atoms with E-state index in [-0.39, 0.29) is 11.7 Å². The Hall–Kier alpha value is -1.47. The van der Waals surface area contributed by atoms with E-state index in [0.29, 0.717) is 13.1 Å². The predicted molar refractivity (Wildman–Crippen MR) is 101 cm³/mol. The van der Waals surface area contributed by atoms with E-state index in [1.165, 1.54) is 40.3 Å². The molecule has 0 amide bonds. The highest BCUT2D eigenvalue weighted by molar-refractivity contribution is 7.89. The summed E-state index contributed by atoms with van der Waals surface area (Å²) in [4.78, 5) is 2.15. The highest BCUT2D eigenvalue weighted by Crippen LogP contribution is 2.26. The third kappa shape index (κ3) is 3.87. The summed E-state index contributed by atoms with van der Waals surface area (Å²) in [6.07, 6.45) is -0.605. The van der Waals surface area contributed by atoms with Gasteiger partial charge >= 0.3 is 0 Å². The number of aliphatic hydroxyl groups excluding tert-OH is 1. The van der Waals surface area contributed by atoms with E-state index in [9.17, 15) is 13.5 Å². The van der Waals surface area contributed by atoms with Crippen molar-refractivity contribution < 1.29 is 13.5 Å². The van der Waals surface area contributed by atoms with Crippen LogP contribution in [-0.2, 0) is 16.6 Å². The molecule has 136 valence electrons. The van der Waals surface area contributed by atoms with Crippen LogP contribution >= 0.6 is 0 Å². The van der Waals surface area contributed by atoms with Crippen molar-refractivity contribution in [2.75, 3.05) is 32.9 Å². The summed E-state index contributed by atoms with van der Waals surface area (Å²) >= 11 is 0. The fourth-order valence-electron chi connectivity index (χ4n) is 3.54. The first kappa shape index (κ1) is 18.3. The molecular weight excluding hydrogens is 336 g/mol. The summed E-state index contributed by atoms with van der Waals surface area (Å²) in [5, 5.41) is 12.8. The molecule has 0 aliphatic carbocycles. The molecule has 0 spiro atoms. The number of sulfonamides is 1. The van der Waals surface area contributed by atoms with Gasteiger partial charge in [-0.3, -0.25) is 4.90 Å². The Morgan fingerprint density at radius 3 is 2.48 bits per heavy atom. The van der Waals surface area contributed by atoms with Crippen molar-refractivity contribution >= 4 is 20.8 Å². The second-order valence-electron chi connectivity index (χ2n) is 7.17. The highest BCUT2D eigenvalue weighted by Gasteiger charge is 2.35. The number of benzene rings is 2. The minimum atomic E-state index is -3.30. The van der Waals surface area contributed by atoms with E-state index in [1.807, 2.05) is 12.1 Å². The number of nitrogens with zero attached hydrogens (tertiary/aromatic N) is 2. The number of β-amino-alcohol motifs (C(OH)–C–C–N with tert-alkyl or cyclic N) is 1. The molecule has 0 bridgehead atoms. The van der Waals surface area contributed by atoms with Gasteiger partial charge in [-0.2, -0.15) is 0 Å². The molecule has 0 saturated carbocycles. The van der Waals surface area contributed by atoms with Crippen molar-refractivity contribution in [1.82, 2.24) is 9.21 Å². The number of fused-ring (bicyclic) bond motifs is 1. The summed E-state index contributed by atoms with van der Waals surface area (Å²) in [6, 6.07) is 12.6. The second-order valence-corrected chi connectivity index (χ2v) is 9.40. The number of aryl methyl sites for hydroxylation is 1. The molecule has 2 aromatic rings. The first-order chi connectivity index (χ1) is 11.8. The van der Waals surface area contributed by atoms with Crippen molar-refractivity contribution in [3.05, 3.63) is 47.5 Å². The summed E-state index contributed by atoms with van der Waals surface area (Å²) in [7, 11) is -0.235. The lowest BCUT2D eigenvalue weighted by atomic mass is 10.00. The van der Waals surface area contributed by atoms with E-state index >= 15 is 0 Å². The Balaban J connectivity index is 1.76. The van der Waals surface area contributed by atoms with Gasteiger partial charge in [-0.05, 0) is 28.8 Å². The SMILES string of the molecule is Cc1ccc(CN2CC(O)C(CS(=O)(=O)N(C)C)C2)c2ccccc12. The fraction of sp³-hybridized carbons (Fsp3) is 0.474. The molecule has 2 aromatic carbocycles. The maximum atomic E-state index is 12.1. The Morgan fingerprint density at radius 2 is 1.80 bits per heavy atom. The fourth-order valence-corrected chi connectivity index (χ4v) is 4.71. The monoisotopic (exact) mass is 362 g/mol. The van der Waals surface area contributed by atoms with Crippen molar-refractivity contribution in [1.29, 1.82) is 0 Å². The molecule has 0 radical (unpaired) electrons. The van der Waals surface area contributed by atoms with Gasteiger partial charge in [0.05, 0.1) is 11.9 Å². The Morgan fingerprint density at radius 1 is 1.12 bits per heavy atom. The molecule has 2 atom stereocenters. The highest BCUT2D eigenvalue weighted by atomic mass is 32.2. The van der Waals surface area contributed by atoms with Crippen LogP contribution in [0.2, 0.25) is 0 Å². The lowest BCUT2D eigenvalue weighted by Gasteiger charge is -2.19. The largest absolute Gasteiger partial charge is 0.391 e. The van der Waals surface area contributed by atoms with Gasteiger partial charge in [-0.1, -0.05) is 36.4 Å². The summed E-state index contributed by atoms with van der Waals surface area (Å²) in [5.41, 5.74) is 2.46. The van der Waals surface area contributed by atoms with Crippen LogP contribution in [0.4, 0.5) is 0 Å². The van der Waals surface area contributed by atoms with Crippen molar-refractivity contribution in [3.8, 4) is 0 Å². The molecule has 2 unspecified atom stereocenters. The first-order valence-corrected chi connectivity index (χ1v) is 10.2. The zero-order valence-electron chi connectivity index (χ0n) is 15.0. The molecule has 1 heterocycles. The number of hydrogen-bond donors (Lipinski definition) is 1. The lowest BCUT2D eigenvalue weighted by Crippen LogP contribution is -2.33. The van der Waals surface area contributed by atoms with Crippen molar-refractivity contribution in [2.45, 2.75) is 19.6 Å². The molecular formula is C19H26N2O3S. The van der Waals surface area contributed by atoms with E-state index in [4.69, 9.17) is 0 Å². The van der Waals surface area contributed by atoms with Crippen LogP contribution in [0.5, 0.6) is 0 Å². The third-order valence-electron chi connectivity index (χ3n) is 5.09. The minimum absolute atomic E-state index is 0.00763. The van der Waals surface area contributed by atoms with Crippen molar-refractivity contribution in [3.63, 3.8) is 0 Å². The summed E-state index contributed by atoms with van der Waals surface area (Å²) in [5.74, 6) is -0.254. The third-order valence-corrected chi connectivity index (χ3v) is 7.05. The molecule has 1 fully saturated rings. The summed E-state index contributed by atoms with van der Waals surface area (Å²) in [6.45, 7) is 3.93. The maximum Gasteiger partial charge on any atom is 0.214 e. The van der Waals surface area contributed by atoms with E-state index < -0.39 is 16.1 Å². The topological polar surface area (TPSA) is 60.9 Å². The Kier molecular flexibility index (Phi) is 5.16. The molecule has 0 aromatic heterocycles. The van der Waals surface area contributed by atoms with Crippen LogP contribution in [0.15, 0.2) is 36.4 Å². The Labute approximate surface area is 149 Å². The van der Waals surface area contributed by atoms with Gasteiger partial charge in [0.15, 0.2) is 0 Å². The van der Waals surface area contributed by atoms with Crippen LogP contribution in [0.1, 0.15) is 11.1 Å². The number of likely N-dealkylation sites (tertiary alicyclic amines) is 1. The lowest BCUT2D eigenvalue weighted by molar-refractivity contribution is 0.148. The molecule has 25 heavy (non-hydrogen) atoms. The number of rotatable bonds is 5. The van der Waals surface area contributed by atoms with Gasteiger partial charge < -0.3 is 5.11 Å². The van der Waals surface area contributed by atoms with Gasteiger partial charge in [-0.15, -0.1) is 0 Å². The molecule has 1 saturated heterocycles. The number of aliphatic hydroxyl groups is 1. The smallest absolute Gasteiger partial charge is 0.214 e. The van der Waals surface area contributed by atoms with Gasteiger partial charge in [0, 0.05) is 39.6 Å². The van der Waals surface area contributed by atoms with Crippen LogP contribution in [0, 0.1) is 12.8 Å².